The fraction of sp³-hybridized carbons (Fsp3) is 0.278. The third-order valence-corrected chi connectivity index (χ3v) is 5.04. The van der Waals surface area contributed by atoms with E-state index in [-0.39, 0.29) is 32.1 Å². The van der Waals surface area contributed by atoms with Crippen LogP contribution in [0.4, 0.5) is 0 Å². The number of nitrogens with zero attached hydrogens (tertiary/aromatic N) is 1. The van der Waals surface area contributed by atoms with Crippen molar-refractivity contribution in [1.29, 1.82) is 0 Å². The van der Waals surface area contributed by atoms with Gasteiger partial charge in [-0.05, 0) is 29.8 Å². The number of amides is 1. The molecule has 0 spiro atoms. The monoisotopic (exact) mass is 396 g/mol. The Kier molecular flexibility index (Phi) is 7.44. The van der Waals surface area contributed by atoms with Gasteiger partial charge in [0.05, 0.1) is 6.26 Å². The summed E-state index contributed by atoms with van der Waals surface area (Å²) in [6, 6.07) is 16.0. The first kappa shape index (κ1) is 20.2. The van der Waals surface area contributed by atoms with Crippen LogP contribution in [0.5, 0.6) is 5.75 Å². The molecule has 0 atom stereocenters. The number of ether oxygens (including phenoxy) is 1. The Labute approximate surface area is 158 Å². The molecule has 0 saturated carbocycles. The minimum atomic E-state index is -3.38. The molecule has 2 rings (SSSR count). The van der Waals surface area contributed by atoms with E-state index in [9.17, 15) is 13.2 Å². The van der Waals surface area contributed by atoms with Gasteiger partial charge in [0.15, 0.2) is 6.61 Å². The molecule has 0 aliphatic heterocycles. The molecule has 2 aromatic rings. The molecular formula is C18H21ClN2O4S. The minimum absolute atomic E-state index is 0.154. The van der Waals surface area contributed by atoms with E-state index < -0.39 is 10.0 Å². The van der Waals surface area contributed by atoms with Crippen LogP contribution in [0.1, 0.15) is 5.56 Å². The average Bonchev–Trinajstić information content (AvgIpc) is 2.60. The van der Waals surface area contributed by atoms with E-state index in [1.165, 1.54) is 4.31 Å². The molecule has 0 aliphatic rings. The first-order valence-corrected chi connectivity index (χ1v) is 10.2. The van der Waals surface area contributed by atoms with Crippen molar-refractivity contribution in [3.8, 4) is 5.75 Å². The number of hydrogen-bond donors (Lipinski definition) is 1. The highest BCUT2D eigenvalue weighted by atomic mass is 35.5. The number of nitrogens with one attached hydrogen (secondary N) is 1. The second-order valence-corrected chi connectivity index (χ2v) is 8.09. The van der Waals surface area contributed by atoms with Crippen LogP contribution in [-0.2, 0) is 21.4 Å². The Morgan fingerprint density at radius 2 is 1.77 bits per heavy atom. The van der Waals surface area contributed by atoms with Gasteiger partial charge in [-0.3, -0.25) is 4.79 Å². The number of hydrogen-bond acceptors (Lipinski definition) is 4. The molecule has 140 valence electrons. The van der Waals surface area contributed by atoms with E-state index in [2.05, 4.69) is 5.32 Å². The van der Waals surface area contributed by atoms with E-state index in [0.717, 1.165) is 11.8 Å². The van der Waals surface area contributed by atoms with Crippen LogP contribution in [0.3, 0.4) is 0 Å². The summed E-state index contributed by atoms with van der Waals surface area (Å²) >= 11 is 5.78. The number of sulfonamides is 1. The molecule has 0 aromatic heterocycles. The highest BCUT2D eigenvalue weighted by molar-refractivity contribution is 7.88. The molecule has 6 nitrogen and oxygen atoms in total. The van der Waals surface area contributed by atoms with Gasteiger partial charge in [0.1, 0.15) is 5.75 Å². The van der Waals surface area contributed by atoms with Crippen molar-refractivity contribution in [3.05, 3.63) is 65.2 Å². The standard InChI is InChI=1S/C18H21ClN2O4S/c1-26(23,24)21(13-15-5-3-2-4-6-15)12-11-20-18(22)14-25-17-9-7-16(19)8-10-17/h2-10H,11-14H2,1H3,(H,20,22). The van der Waals surface area contributed by atoms with Crippen molar-refractivity contribution >= 4 is 27.5 Å². The van der Waals surface area contributed by atoms with Gasteiger partial charge in [-0.2, -0.15) is 4.31 Å². The van der Waals surface area contributed by atoms with Crippen LogP contribution in [0.15, 0.2) is 54.6 Å². The van der Waals surface area contributed by atoms with Crippen LogP contribution in [0.25, 0.3) is 0 Å². The quantitative estimate of drug-likeness (QED) is 0.705. The van der Waals surface area contributed by atoms with E-state index in [4.69, 9.17) is 16.3 Å². The number of carbonyl (C=O) groups is 1. The second-order valence-electron chi connectivity index (χ2n) is 5.67. The average molecular weight is 397 g/mol. The molecule has 1 N–H and O–H groups in total. The second kappa shape index (κ2) is 9.56. The summed E-state index contributed by atoms with van der Waals surface area (Å²) < 4.78 is 30.5. The number of carbonyl (C=O) groups excluding carboxylic acids is 1. The minimum Gasteiger partial charge on any atom is -0.484 e. The predicted octanol–water partition coefficient (Wildman–Crippen LogP) is 2.30. The van der Waals surface area contributed by atoms with Crippen LogP contribution >= 0.6 is 11.6 Å². The summed E-state index contributed by atoms with van der Waals surface area (Å²) in [4.78, 5) is 11.8. The highest BCUT2D eigenvalue weighted by Crippen LogP contribution is 2.15. The maximum atomic E-state index is 11.9. The van der Waals surface area contributed by atoms with Gasteiger partial charge in [0, 0.05) is 24.7 Å². The summed E-state index contributed by atoms with van der Waals surface area (Å²) in [5, 5.41) is 3.24. The van der Waals surface area contributed by atoms with E-state index in [1.807, 2.05) is 30.3 Å². The largest absolute Gasteiger partial charge is 0.484 e. The van der Waals surface area contributed by atoms with Crippen LogP contribution in [-0.4, -0.2) is 44.6 Å². The molecule has 0 bridgehead atoms. The van der Waals surface area contributed by atoms with Gasteiger partial charge in [-0.25, -0.2) is 8.42 Å². The summed E-state index contributed by atoms with van der Waals surface area (Å²) in [5.41, 5.74) is 0.885. The zero-order valence-electron chi connectivity index (χ0n) is 14.4. The molecule has 2 aromatic carbocycles. The molecule has 0 aliphatic carbocycles. The first-order chi connectivity index (χ1) is 12.3. The molecule has 1 amide bonds. The Morgan fingerprint density at radius 1 is 1.12 bits per heavy atom. The van der Waals surface area contributed by atoms with Gasteiger partial charge in [-0.1, -0.05) is 41.9 Å². The number of benzene rings is 2. The van der Waals surface area contributed by atoms with Gasteiger partial charge in [0.25, 0.3) is 5.91 Å². The van der Waals surface area contributed by atoms with Crippen molar-refractivity contribution in [2.45, 2.75) is 6.54 Å². The summed E-state index contributed by atoms with van der Waals surface area (Å²) in [5.74, 6) is 0.208. The lowest BCUT2D eigenvalue weighted by Crippen LogP contribution is -2.39. The maximum Gasteiger partial charge on any atom is 0.257 e. The van der Waals surface area contributed by atoms with E-state index in [1.54, 1.807) is 24.3 Å². The first-order valence-electron chi connectivity index (χ1n) is 7.99. The Morgan fingerprint density at radius 3 is 2.38 bits per heavy atom. The Hall–Kier alpha value is -2.09. The third-order valence-electron chi connectivity index (χ3n) is 3.54. The number of halogens is 1. The molecule has 8 heteroatoms. The number of rotatable bonds is 9. The highest BCUT2D eigenvalue weighted by Gasteiger charge is 2.17. The van der Waals surface area contributed by atoms with Gasteiger partial charge in [-0.15, -0.1) is 0 Å². The van der Waals surface area contributed by atoms with Gasteiger partial charge >= 0.3 is 0 Å². The van der Waals surface area contributed by atoms with Crippen molar-refractivity contribution < 1.29 is 17.9 Å². The SMILES string of the molecule is CS(=O)(=O)N(CCNC(=O)COc1ccc(Cl)cc1)Cc1ccccc1. The molecular weight excluding hydrogens is 376 g/mol. The Balaban J connectivity index is 1.79. The summed E-state index contributed by atoms with van der Waals surface area (Å²) in [6.07, 6.45) is 1.15. The van der Waals surface area contributed by atoms with Crippen molar-refractivity contribution in [2.24, 2.45) is 0 Å². The van der Waals surface area contributed by atoms with Gasteiger partial charge < -0.3 is 10.1 Å². The molecule has 0 fully saturated rings. The zero-order valence-corrected chi connectivity index (χ0v) is 16.0. The van der Waals surface area contributed by atoms with Crippen LogP contribution in [0.2, 0.25) is 5.02 Å². The Bertz CT molecular complexity index is 811. The summed E-state index contributed by atoms with van der Waals surface area (Å²) in [7, 11) is -3.38. The molecule has 0 heterocycles. The lowest BCUT2D eigenvalue weighted by molar-refractivity contribution is -0.123. The molecule has 26 heavy (non-hydrogen) atoms. The fourth-order valence-corrected chi connectivity index (χ4v) is 3.13. The fourth-order valence-electron chi connectivity index (χ4n) is 2.20. The lowest BCUT2D eigenvalue weighted by atomic mass is 10.2. The van der Waals surface area contributed by atoms with E-state index >= 15 is 0 Å². The molecule has 0 unspecified atom stereocenters. The van der Waals surface area contributed by atoms with Crippen molar-refractivity contribution in [2.75, 3.05) is 26.0 Å². The summed E-state index contributed by atoms with van der Waals surface area (Å²) in [6.45, 7) is 0.485. The van der Waals surface area contributed by atoms with Gasteiger partial charge in [0.2, 0.25) is 10.0 Å². The predicted molar refractivity (Wildman–Crippen MR) is 102 cm³/mol. The van der Waals surface area contributed by atoms with Crippen LogP contribution in [0, 0.1) is 0 Å². The topological polar surface area (TPSA) is 75.7 Å². The molecule has 0 radical (unpaired) electrons. The smallest absolute Gasteiger partial charge is 0.257 e. The zero-order chi connectivity index (χ0) is 19.0. The molecule has 0 saturated heterocycles. The normalized spacial score (nSPS) is 11.3. The van der Waals surface area contributed by atoms with Crippen molar-refractivity contribution in [1.82, 2.24) is 9.62 Å². The maximum absolute atomic E-state index is 11.9. The van der Waals surface area contributed by atoms with E-state index in [0.29, 0.717) is 10.8 Å². The van der Waals surface area contributed by atoms with Crippen molar-refractivity contribution in [3.63, 3.8) is 0 Å². The lowest BCUT2D eigenvalue weighted by Gasteiger charge is -2.20. The van der Waals surface area contributed by atoms with Crippen LogP contribution < -0.4 is 10.1 Å². The third kappa shape index (κ3) is 7.03.